The quantitative estimate of drug-likeness (QED) is 0.498. The second-order valence-corrected chi connectivity index (χ2v) is 5.29. The van der Waals surface area contributed by atoms with Crippen LogP contribution in [0.4, 0.5) is 22.7 Å². The first-order valence-corrected chi connectivity index (χ1v) is 7.14. The maximum Gasteiger partial charge on any atom is 0.338 e. The molecule has 0 atom stereocenters. The van der Waals surface area contributed by atoms with Gasteiger partial charge in [-0.2, -0.15) is 0 Å². The van der Waals surface area contributed by atoms with Crippen molar-refractivity contribution < 1.29 is 19.4 Å². The van der Waals surface area contributed by atoms with Gasteiger partial charge in [0.25, 0.3) is 0 Å². The van der Waals surface area contributed by atoms with Crippen LogP contribution in [0.15, 0.2) is 30.3 Å². The molecule has 0 unspecified atom stereocenters. The molecule has 0 fully saturated rings. The number of para-hydroxylation sites is 1. The van der Waals surface area contributed by atoms with Gasteiger partial charge in [0, 0.05) is 17.8 Å². The molecule has 9 heteroatoms. The van der Waals surface area contributed by atoms with Crippen LogP contribution in [0.1, 0.15) is 21.5 Å². The van der Waals surface area contributed by atoms with Crippen molar-refractivity contribution in [1.82, 2.24) is 0 Å². The van der Waals surface area contributed by atoms with Crippen LogP contribution < -0.4 is 5.32 Å². The van der Waals surface area contributed by atoms with E-state index in [1.807, 2.05) is 0 Å². The van der Waals surface area contributed by atoms with Crippen molar-refractivity contribution >= 4 is 28.7 Å². The van der Waals surface area contributed by atoms with E-state index >= 15 is 0 Å². The number of nitrogens with one attached hydrogen (secondary N) is 1. The van der Waals surface area contributed by atoms with Crippen molar-refractivity contribution in [1.29, 1.82) is 0 Å². The van der Waals surface area contributed by atoms with Crippen molar-refractivity contribution in [3.8, 4) is 0 Å². The highest BCUT2D eigenvalue weighted by Gasteiger charge is 2.29. The zero-order chi connectivity index (χ0) is 18.7. The molecule has 130 valence electrons. The standard InChI is InChI=1S/C16H15N3O6/c1-9-5-4-6-10(2)14(9)17-15-12(18(21)22)7-11(16(20)25-3)8-13(15)19(23)24/h4-8,17H,1-3H3. The molecular weight excluding hydrogens is 330 g/mol. The number of ether oxygens (including phenoxy) is 1. The molecule has 0 heterocycles. The molecule has 0 aliphatic rings. The molecule has 0 saturated heterocycles. The lowest BCUT2D eigenvalue weighted by atomic mass is 10.1. The molecule has 2 aromatic rings. The highest BCUT2D eigenvalue weighted by molar-refractivity contribution is 5.94. The van der Waals surface area contributed by atoms with Gasteiger partial charge in [0.2, 0.25) is 0 Å². The monoisotopic (exact) mass is 345 g/mol. The first kappa shape index (κ1) is 17.9. The highest BCUT2D eigenvalue weighted by atomic mass is 16.6. The minimum absolute atomic E-state index is 0.270. The lowest BCUT2D eigenvalue weighted by Gasteiger charge is -2.13. The molecule has 9 nitrogen and oxygen atoms in total. The molecule has 0 amide bonds. The van der Waals surface area contributed by atoms with E-state index in [2.05, 4.69) is 10.1 Å². The van der Waals surface area contributed by atoms with Gasteiger partial charge in [-0.25, -0.2) is 4.79 Å². The third-order valence-corrected chi connectivity index (χ3v) is 3.64. The fourth-order valence-corrected chi connectivity index (χ4v) is 2.40. The first-order chi connectivity index (χ1) is 11.8. The summed E-state index contributed by atoms with van der Waals surface area (Å²) >= 11 is 0. The molecule has 1 N–H and O–H groups in total. The maximum atomic E-state index is 11.7. The van der Waals surface area contributed by atoms with Crippen LogP contribution in [-0.2, 0) is 4.74 Å². The Balaban J connectivity index is 2.72. The minimum atomic E-state index is -0.898. The number of nitrogens with zero attached hydrogens (tertiary/aromatic N) is 2. The van der Waals surface area contributed by atoms with E-state index in [4.69, 9.17) is 0 Å². The van der Waals surface area contributed by atoms with Crippen molar-refractivity contribution in [3.05, 3.63) is 67.3 Å². The number of hydrogen-bond donors (Lipinski definition) is 1. The van der Waals surface area contributed by atoms with Gasteiger partial charge >= 0.3 is 17.3 Å². The average molecular weight is 345 g/mol. The van der Waals surface area contributed by atoms with Crippen LogP contribution in [0.3, 0.4) is 0 Å². The summed E-state index contributed by atoms with van der Waals surface area (Å²) in [7, 11) is 1.09. The van der Waals surface area contributed by atoms with E-state index in [1.165, 1.54) is 0 Å². The van der Waals surface area contributed by atoms with E-state index in [1.54, 1.807) is 32.0 Å². The van der Waals surface area contributed by atoms with Crippen LogP contribution in [0.25, 0.3) is 0 Å². The molecule has 0 aliphatic heterocycles. The normalized spacial score (nSPS) is 10.2. The molecule has 0 radical (unpaired) electrons. The summed E-state index contributed by atoms with van der Waals surface area (Å²) in [5, 5.41) is 25.6. The van der Waals surface area contributed by atoms with Gasteiger partial charge < -0.3 is 10.1 Å². The number of nitro benzene ring substituents is 2. The highest BCUT2D eigenvalue weighted by Crippen LogP contribution is 2.39. The molecule has 0 saturated carbocycles. The van der Waals surface area contributed by atoms with Crippen LogP contribution in [0.5, 0.6) is 0 Å². The van der Waals surface area contributed by atoms with Gasteiger partial charge in [-0.1, -0.05) is 18.2 Å². The minimum Gasteiger partial charge on any atom is -0.465 e. The SMILES string of the molecule is COC(=O)c1cc([N+](=O)[O-])c(Nc2c(C)cccc2C)c([N+](=O)[O-])c1. The number of anilines is 2. The zero-order valence-electron chi connectivity index (χ0n) is 13.7. The summed E-state index contributed by atoms with van der Waals surface area (Å²) in [6, 6.07) is 7.26. The summed E-state index contributed by atoms with van der Waals surface area (Å²) in [5.74, 6) is -0.898. The van der Waals surface area contributed by atoms with Crippen LogP contribution in [0, 0.1) is 34.1 Å². The Bertz CT molecular complexity index is 823. The summed E-state index contributed by atoms with van der Waals surface area (Å²) in [6.07, 6.45) is 0. The Hall–Kier alpha value is -3.49. The molecule has 0 aliphatic carbocycles. The predicted molar refractivity (Wildman–Crippen MR) is 90.3 cm³/mol. The van der Waals surface area contributed by atoms with Crippen molar-refractivity contribution in [2.24, 2.45) is 0 Å². The first-order valence-electron chi connectivity index (χ1n) is 7.14. The molecule has 0 aromatic heterocycles. The van der Waals surface area contributed by atoms with Crippen molar-refractivity contribution in [2.75, 3.05) is 12.4 Å². The summed E-state index contributed by atoms with van der Waals surface area (Å²) in [4.78, 5) is 32.9. The predicted octanol–water partition coefficient (Wildman–Crippen LogP) is 3.65. The fraction of sp³-hybridized carbons (Fsp3) is 0.188. The Morgan fingerprint density at radius 2 is 1.48 bits per heavy atom. The van der Waals surface area contributed by atoms with Crippen LogP contribution >= 0.6 is 0 Å². The summed E-state index contributed by atoms with van der Waals surface area (Å²) < 4.78 is 4.50. The van der Waals surface area contributed by atoms with Gasteiger partial charge in [-0.15, -0.1) is 0 Å². The third-order valence-electron chi connectivity index (χ3n) is 3.64. The molecular formula is C16H15N3O6. The van der Waals surface area contributed by atoms with Crippen LogP contribution in [-0.4, -0.2) is 22.9 Å². The third kappa shape index (κ3) is 3.55. The molecule has 2 rings (SSSR count). The Morgan fingerprint density at radius 1 is 1.00 bits per heavy atom. The fourth-order valence-electron chi connectivity index (χ4n) is 2.40. The largest absolute Gasteiger partial charge is 0.465 e. The number of carbonyl (C=O) groups excluding carboxylic acids is 1. The number of carbonyl (C=O) groups is 1. The number of nitro groups is 2. The number of aryl methyl sites for hydroxylation is 2. The smallest absolute Gasteiger partial charge is 0.338 e. The lowest BCUT2D eigenvalue weighted by molar-refractivity contribution is -0.392. The second kappa shape index (κ2) is 6.95. The Kier molecular flexibility index (Phi) is 4.97. The number of methoxy groups -OCH3 is 1. The summed E-state index contributed by atoms with van der Waals surface area (Å²) in [6.45, 7) is 3.55. The van der Waals surface area contributed by atoms with Gasteiger partial charge in [0.15, 0.2) is 5.69 Å². The topological polar surface area (TPSA) is 125 Å². The molecule has 0 bridgehead atoms. The van der Waals surface area contributed by atoms with Crippen LogP contribution in [0.2, 0.25) is 0 Å². The van der Waals surface area contributed by atoms with E-state index < -0.39 is 27.2 Å². The van der Waals surface area contributed by atoms with Gasteiger partial charge in [-0.05, 0) is 25.0 Å². The second-order valence-electron chi connectivity index (χ2n) is 5.29. The van der Waals surface area contributed by atoms with E-state index in [-0.39, 0.29) is 11.3 Å². The molecule has 2 aromatic carbocycles. The van der Waals surface area contributed by atoms with E-state index in [9.17, 15) is 25.0 Å². The number of benzene rings is 2. The Morgan fingerprint density at radius 3 is 1.88 bits per heavy atom. The van der Waals surface area contributed by atoms with Gasteiger partial charge in [-0.3, -0.25) is 20.2 Å². The number of hydrogen-bond acceptors (Lipinski definition) is 7. The van der Waals surface area contributed by atoms with Gasteiger partial charge in [0.1, 0.15) is 0 Å². The Labute approximate surface area is 142 Å². The zero-order valence-corrected chi connectivity index (χ0v) is 13.7. The lowest BCUT2D eigenvalue weighted by Crippen LogP contribution is -2.08. The van der Waals surface area contributed by atoms with Crippen molar-refractivity contribution in [3.63, 3.8) is 0 Å². The summed E-state index contributed by atoms with van der Waals surface area (Å²) in [5.41, 5.74) is 0.323. The molecule has 0 spiro atoms. The number of esters is 1. The van der Waals surface area contributed by atoms with Crippen molar-refractivity contribution in [2.45, 2.75) is 13.8 Å². The van der Waals surface area contributed by atoms with E-state index in [0.717, 1.165) is 30.4 Å². The average Bonchev–Trinajstić information content (AvgIpc) is 2.56. The van der Waals surface area contributed by atoms with E-state index in [0.29, 0.717) is 5.69 Å². The molecule has 25 heavy (non-hydrogen) atoms. The maximum absolute atomic E-state index is 11.7. The van der Waals surface area contributed by atoms with Gasteiger partial charge in [0.05, 0.1) is 22.5 Å². The number of rotatable bonds is 5.